The highest BCUT2D eigenvalue weighted by molar-refractivity contribution is 5.83. The molecule has 0 aromatic carbocycles. The maximum Gasteiger partial charge on any atom is 0.490 e. The molecular weight excluding hydrogens is 431 g/mol. The Kier molecular flexibility index (Phi) is 7.37. The van der Waals surface area contributed by atoms with E-state index in [4.69, 9.17) is 14.6 Å². The number of ether oxygens (including phenoxy) is 1. The number of carboxylic acid groups (broad SMARTS) is 1. The van der Waals surface area contributed by atoms with Crippen LogP contribution in [0.15, 0.2) is 24.5 Å². The van der Waals surface area contributed by atoms with Crippen molar-refractivity contribution in [1.29, 1.82) is 0 Å². The van der Waals surface area contributed by atoms with E-state index < -0.39 is 12.1 Å². The number of carbonyl (C=O) groups is 3. The molecular formula is C21H26F3N3O5. The maximum absolute atomic E-state index is 12.8. The summed E-state index contributed by atoms with van der Waals surface area (Å²) in [5.41, 5.74) is 0.875. The van der Waals surface area contributed by atoms with Crippen molar-refractivity contribution >= 4 is 17.8 Å². The van der Waals surface area contributed by atoms with E-state index in [1.54, 1.807) is 12.4 Å². The summed E-state index contributed by atoms with van der Waals surface area (Å²) in [6.45, 7) is 2.70. The van der Waals surface area contributed by atoms with Crippen LogP contribution in [-0.4, -0.2) is 75.2 Å². The standard InChI is InChI=1S/C19H25N3O3.C2HF3O2/c23-17-4-8-19(22(17)13-15-5-9-20-10-6-15)7-2-11-21(14-19)18(24)16-3-1-12-25-16;3-2(4,5)1(6)7/h5-6,9-10,16H,1-4,7-8,11-14H2;(H,6,7). The van der Waals surface area contributed by atoms with Crippen molar-refractivity contribution in [1.82, 2.24) is 14.8 Å². The lowest BCUT2D eigenvalue weighted by Crippen LogP contribution is -2.58. The molecule has 4 heterocycles. The molecule has 2 amide bonds. The molecule has 3 aliphatic heterocycles. The van der Waals surface area contributed by atoms with Gasteiger partial charge in [0.25, 0.3) is 5.91 Å². The second-order valence-electron chi connectivity index (χ2n) is 8.23. The zero-order chi connectivity index (χ0) is 23.4. The fourth-order valence-electron chi connectivity index (χ4n) is 4.50. The number of halogens is 3. The van der Waals surface area contributed by atoms with Gasteiger partial charge >= 0.3 is 12.1 Å². The number of alkyl halides is 3. The zero-order valence-corrected chi connectivity index (χ0v) is 17.5. The number of nitrogens with zero attached hydrogens (tertiary/aromatic N) is 3. The molecule has 1 spiro atoms. The number of aromatic nitrogens is 1. The lowest BCUT2D eigenvalue weighted by molar-refractivity contribution is -0.192. The van der Waals surface area contributed by atoms with E-state index in [1.807, 2.05) is 21.9 Å². The molecule has 0 bridgehead atoms. The number of pyridine rings is 1. The molecule has 0 radical (unpaired) electrons. The van der Waals surface area contributed by atoms with Gasteiger partial charge in [0.1, 0.15) is 6.10 Å². The number of hydrogen-bond acceptors (Lipinski definition) is 5. The molecule has 1 aromatic heterocycles. The van der Waals surface area contributed by atoms with Crippen molar-refractivity contribution in [2.75, 3.05) is 19.7 Å². The normalized spacial score (nSPS) is 25.6. The number of carbonyl (C=O) groups excluding carboxylic acids is 2. The lowest BCUT2D eigenvalue weighted by Gasteiger charge is -2.46. The Balaban J connectivity index is 0.000000360. The first-order chi connectivity index (χ1) is 15.1. The second kappa shape index (κ2) is 9.85. The average molecular weight is 457 g/mol. The van der Waals surface area contributed by atoms with Crippen LogP contribution in [0.5, 0.6) is 0 Å². The van der Waals surface area contributed by atoms with Gasteiger partial charge in [0, 0.05) is 45.1 Å². The van der Waals surface area contributed by atoms with Crippen molar-refractivity contribution in [3.05, 3.63) is 30.1 Å². The van der Waals surface area contributed by atoms with E-state index >= 15 is 0 Å². The largest absolute Gasteiger partial charge is 0.490 e. The quantitative estimate of drug-likeness (QED) is 0.748. The first-order valence-corrected chi connectivity index (χ1v) is 10.5. The van der Waals surface area contributed by atoms with Crippen molar-refractivity contribution in [3.8, 4) is 0 Å². The Labute approximate surface area is 183 Å². The van der Waals surface area contributed by atoms with E-state index in [2.05, 4.69) is 4.98 Å². The molecule has 8 nitrogen and oxygen atoms in total. The van der Waals surface area contributed by atoms with Crippen LogP contribution in [0.3, 0.4) is 0 Å². The molecule has 3 saturated heterocycles. The summed E-state index contributed by atoms with van der Waals surface area (Å²) in [7, 11) is 0. The molecule has 11 heteroatoms. The van der Waals surface area contributed by atoms with E-state index in [-0.39, 0.29) is 23.5 Å². The summed E-state index contributed by atoms with van der Waals surface area (Å²) in [6, 6.07) is 3.91. The molecule has 2 atom stereocenters. The predicted molar refractivity (Wildman–Crippen MR) is 105 cm³/mol. The lowest BCUT2D eigenvalue weighted by atomic mass is 9.86. The van der Waals surface area contributed by atoms with Gasteiger partial charge in [-0.3, -0.25) is 14.6 Å². The molecule has 176 valence electrons. The van der Waals surface area contributed by atoms with Crippen molar-refractivity contribution < 1.29 is 37.4 Å². The molecule has 3 fully saturated rings. The van der Waals surface area contributed by atoms with Crippen LogP contribution in [0.4, 0.5) is 13.2 Å². The van der Waals surface area contributed by atoms with Gasteiger partial charge in [0.05, 0.1) is 5.54 Å². The third-order valence-corrected chi connectivity index (χ3v) is 6.08. The van der Waals surface area contributed by atoms with Gasteiger partial charge in [0.15, 0.2) is 0 Å². The van der Waals surface area contributed by atoms with Gasteiger partial charge in [-0.25, -0.2) is 4.79 Å². The first-order valence-electron chi connectivity index (χ1n) is 10.5. The summed E-state index contributed by atoms with van der Waals surface area (Å²) in [5.74, 6) is -2.45. The van der Waals surface area contributed by atoms with Crippen LogP contribution in [0.1, 0.15) is 44.1 Å². The number of likely N-dealkylation sites (tertiary alicyclic amines) is 2. The second-order valence-corrected chi connectivity index (χ2v) is 8.23. The summed E-state index contributed by atoms with van der Waals surface area (Å²) >= 11 is 0. The Morgan fingerprint density at radius 2 is 1.91 bits per heavy atom. The monoisotopic (exact) mass is 457 g/mol. The smallest absolute Gasteiger partial charge is 0.475 e. The number of piperidine rings is 1. The molecule has 0 aliphatic carbocycles. The maximum atomic E-state index is 12.8. The fraction of sp³-hybridized carbons (Fsp3) is 0.619. The highest BCUT2D eigenvalue weighted by Gasteiger charge is 2.49. The molecule has 3 aliphatic rings. The van der Waals surface area contributed by atoms with Gasteiger partial charge in [-0.2, -0.15) is 13.2 Å². The summed E-state index contributed by atoms with van der Waals surface area (Å²) in [6.07, 6.45) is 3.27. The van der Waals surface area contributed by atoms with E-state index in [1.165, 1.54) is 0 Å². The van der Waals surface area contributed by atoms with Crippen molar-refractivity contribution in [2.24, 2.45) is 0 Å². The molecule has 2 unspecified atom stereocenters. The van der Waals surface area contributed by atoms with Crippen molar-refractivity contribution in [3.63, 3.8) is 0 Å². The van der Waals surface area contributed by atoms with Crippen LogP contribution < -0.4 is 0 Å². The van der Waals surface area contributed by atoms with E-state index in [9.17, 15) is 22.8 Å². The molecule has 1 aromatic rings. The Morgan fingerprint density at radius 3 is 2.50 bits per heavy atom. The third kappa shape index (κ3) is 5.56. The minimum absolute atomic E-state index is 0.111. The van der Waals surface area contributed by atoms with Crippen LogP contribution in [0.25, 0.3) is 0 Å². The van der Waals surface area contributed by atoms with Gasteiger partial charge in [-0.1, -0.05) is 0 Å². The first kappa shape index (κ1) is 24.0. The number of hydrogen-bond donors (Lipinski definition) is 1. The van der Waals surface area contributed by atoms with Crippen molar-refractivity contribution in [2.45, 2.75) is 62.9 Å². The Bertz CT molecular complexity index is 830. The van der Waals surface area contributed by atoms with Crippen LogP contribution >= 0.6 is 0 Å². The Hall–Kier alpha value is -2.69. The minimum atomic E-state index is -5.08. The predicted octanol–water partition coefficient (Wildman–Crippen LogP) is 2.38. The SMILES string of the molecule is O=C(C1CCCO1)N1CCCC2(CCC(=O)N2Cc2ccncc2)C1.O=C(O)C(F)(F)F. The third-order valence-electron chi connectivity index (χ3n) is 6.08. The number of aliphatic carboxylic acids is 1. The molecule has 0 saturated carbocycles. The zero-order valence-electron chi connectivity index (χ0n) is 17.5. The summed E-state index contributed by atoms with van der Waals surface area (Å²) in [5, 5.41) is 7.12. The van der Waals surface area contributed by atoms with Gasteiger partial charge in [-0.05, 0) is 49.8 Å². The number of amides is 2. The van der Waals surface area contributed by atoms with Crippen LogP contribution in [-0.2, 0) is 25.7 Å². The number of rotatable bonds is 3. The molecule has 32 heavy (non-hydrogen) atoms. The van der Waals surface area contributed by atoms with Gasteiger partial charge in [-0.15, -0.1) is 0 Å². The van der Waals surface area contributed by atoms with Gasteiger partial charge in [0.2, 0.25) is 5.91 Å². The summed E-state index contributed by atoms with van der Waals surface area (Å²) in [4.78, 5) is 42.2. The topological polar surface area (TPSA) is 100 Å². The highest BCUT2D eigenvalue weighted by atomic mass is 19.4. The molecule has 4 rings (SSSR count). The minimum Gasteiger partial charge on any atom is -0.475 e. The van der Waals surface area contributed by atoms with Crippen LogP contribution in [0, 0.1) is 0 Å². The van der Waals surface area contributed by atoms with E-state index in [0.29, 0.717) is 26.1 Å². The van der Waals surface area contributed by atoms with Crippen LogP contribution in [0.2, 0.25) is 0 Å². The van der Waals surface area contributed by atoms with E-state index in [0.717, 1.165) is 44.2 Å². The number of carboxylic acids is 1. The van der Waals surface area contributed by atoms with Gasteiger partial charge < -0.3 is 19.6 Å². The highest BCUT2D eigenvalue weighted by Crippen LogP contribution is 2.39. The summed E-state index contributed by atoms with van der Waals surface area (Å²) < 4.78 is 37.3. The fourth-order valence-corrected chi connectivity index (χ4v) is 4.50. The molecule has 1 N–H and O–H groups in total. The Morgan fingerprint density at radius 1 is 1.22 bits per heavy atom. The average Bonchev–Trinajstić information content (AvgIpc) is 3.39.